The van der Waals surface area contributed by atoms with Gasteiger partial charge in [-0.05, 0) is 24.5 Å². The van der Waals surface area contributed by atoms with Gasteiger partial charge in [0.15, 0.2) is 6.10 Å². The fourth-order valence-corrected chi connectivity index (χ4v) is 2.04. The Morgan fingerprint density at radius 2 is 1.93 bits per heavy atom. The van der Waals surface area contributed by atoms with Crippen molar-refractivity contribution >= 4 is 0 Å². The van der Waals surface area contributed by atoms with E-state index in [1.807, 2.05) is 0 Å². The van der Waals surface area contributed by atoms with Gasteiger partial charge in [-0.2, -0.15) is 0 Å². The third-order valence-electron chi connectivity index (χ3n) is 2.65. The van der Waals surface area contributed by atoms with Crippen LogP contribution in [0.2, 0.25) is 0 Å². The van der Waals surface area contributed by atoms with E-state index in [4.69, 9.17) is 4.74 Å². The molecule has 2 rings (SSSR count). The lowest BCUT2D eigenvalue weighted by Gasteiger charge is -2.11. The lowest BCUT2D eigenvalue weighted by atomic mass is 9.98. The molecule has 1 nitrogen and oxygen atoms in total. The summed E-state index contributed by atoms with van der Waals surface area (Å²) in [5.41, 5.74) is 2.77. The molecule has 1 heterocycles. The van der Waals surface area contributed by atoms with Gasteiger partial charge in [0.25, 0.3) is 0 Å². The minimum atomic E-state index is 1.07. The van der Waals surface area contributed by atoms with Crippen LogP contribution in [-0.4, -0.2) is 0 Å². The molecule has 0 spiro atoms. The first kappa shape index (κ1) is 9.57. The monoisotopic (exact) mass is 189 g/mol. The lowest BCUT2D eigenvalue weighted by molar-refractivity contribution is 0.254. The van der Waals surface area contributed by atoms with Crippen molar-refractivity contribution in [2.45, 2.75) is 39.5 Å². The minimum Gasteiger partial charge on any atom is -0.478 e. The Morgan fingerprint density at radius 1 is 1.14 bits per heavy atom. The van der Waals surface area contributed by atoms with Gasteiger partial charge in [-0.25, -0.2) is 0 Å². The van der Waals surface area contributed by atoms with Gasteiger partial charge < -0.3 is 4.74 Å². The molecular weight excluding hydrogens is 172 g/mol. The third kappa shape index (κ3) is 1.52. The number of fused-ring (bicyclic) bond motifs is 1. The average Bonchev–Trinajstić information content (AvgIpc) is 2.71. The van der Waals surface area contributed by atoms with Crippen LogP contribution >= 0.6 is 0 Å². The molecular formula is C13H17O. The molecule has 1 aliphatic carbocycles. The molecule has 14 heavy (non-hydrogen) atoms. The van der Waals surface area contributed by atoms with Crippen molar-refractivity contribution in [2.24, 2.45) is 0 Å². The molecule has 2 aliphatic rings. The highest BCUT2D eigenvalue weighted by molar-refractivity contribution is 5.55. The zero-order valence-electron chi connectivity index (χ0n) is 8.97. The van der Waals surface area contributed by atoms with Crippen molar-refractivity contribution in [2.75, 3.05) is 0 Å². The maximum absolute atomic E-state index is 5.83. The molecule has 0 saturated carbocycles. The normalized spacial score (nSPS) is 20.0. The number of hydrogen-bond donors (Lipinski definition) is 0. The van der Waals surface area contributed by atoms with Crippen molar-refractivity contribution < 1.29 is 4.74 Å². The van der Waals surface area contributed by atoms with Gasteiger partial charge in [-0.15, -0.1) is 0 Å². The van der Waals surface area contributed by atoms with E-state index in [0.29, 0.717) is 0 Å². The predicted octanol–water partition coefficient (Wildman–Crippen LogP) is 3.90. The third-order valence-corrected chi connectivity index (χ3v) is 2.65. The van der Waals surface area contributed by atoms with Crippen LogP contribution in [0.3, 0.4) is 0 Å². The first-order valence-corrected chi connectivity index (χ1v) is 5.52. The summed E-state index contributed by atoms with van der Waals surface area (Å²) >= 11 is 0. The Balaban J connectivity index is 2.21. The largest absolute Gasteiger partial charge is 0.478 e. The van der Waals surface area contributed by atoms with Crippen LogP contribution in [0.25, 0.3) is 0 Å². The molecule has 1 heteroatoms. The molecule has 0 bridgehead atoms. The number of hydrogen-bond acceptors (Lipinski definition) is 1. The van der Waals surface area contributed by atoms with Gasteiger partial charge in [-0.3, -0.25) is 0 Å². The fourth-order valence-electron chi connectivity index (χ4n) is 2.04. The first-order valence-electron chi connectivity index (χ1n) is 5.52. The zero-order chi connectivity index (χ0) is 9.97. The second kappa shape index (κ2) is 4.04. The summed E-state index contributed by atoms with van der Waals surface area (Å²) in [5, 5.41) is 0. The van der Waals surface area contributed by atoms with Crippen LogP contribution in [0.4, 0.5) is 0 Å². The van der Waals surface area contributed by atoms with Crippen LogP contribution in [0.5, 0.6) is 0 Å². The van der Waals surface area contributed by atoms with Crippen LogP contribution in [0.15, 0.2) is 35.1 Å². The topological polar surface area (TPSA) is 9.23 Å². The summed E-state index contributed by atoms with van der Waals surface area (Å²) < 4.78 is 5.83. The van der Waals surface area contributed by atoms with Crippen molar-refractivity contribution in [3.05, 3.63) is 41.2 Å². The van der Waals surface area contributed by atoms with E-state index in [0.717, 1.165) is 25.0 Å². The number of rotatable bonds is 4. The van der Waals surface area contributed by atoms with Crippen LogP contribution in [0, 0.1) is 6.10 Å². The summed E-state index contributed by atoms with van der Waals surface area (Å²) in [6, 6.07) is 0. The zero-order valence-corrected chi connectivity index (χ0v) is 8.97. The van der Waals surface area contributed by atoms with E-state index in [1.165, 1.54) is 23.7 Å². The minimum absolute atomic E-state index is 1.07. The van der Waals surface area contributed by atoms with Crippen LogP contribution in [0.1, 0.15) is 39.5 Å². The standard InChI is InChI=1S/C13H17O/c1-3-6-10-11-8-5-9-13(11)14-12(10)7-4-2/h5,8-9H,3-4,6-7H2,1-2H3. The maximum Gasteiger partial charge on any atom is 0.174 e. The van der Waals surface area contributed by atoms with E-state index in [1.54, 1.807) is 0 Å². The predicted molar refractivity (Wildman–Crippen MR) is 58.4 cm³/mol. The van der Waals surface area contributed by atoms with Gasteiger partial charge >= 0.3 is 0 Å². The van der Waals surface area contributed by atoms with Gasteiger partial charge in [0, 0.05) is 5.57 Å². The summed E-state index contributed by atoms with van der Waals surface area (Å²) in [4.78, 5) is 0. The quantitative estimate of drug-likeness (QED) is 0.651. The van der Waals surface area contributed by atoms with Crippen molar-refractivity contribution in [1.82, 2.24) is 0 Å². The Morgan fingerprint density at radius 3 is 2.64 bits per heavy atom. The summed E-state index contributed by atoms with van der Waals surface area (Å²) in [7, 11) is 0. The van der Waals surface area contributed by atoms with E-state index < -0.39 is 0 Å². The molecule has 0 amide bonds. The van der Waals surface area contributed by atoms with E-state index in [2.05, 4.69) is 32.1 Å². The van der Waals surface area contributed by atoms with E-state index in [9.17, 15) is 0 Å². The van der Waals surface area contributed by atoms with E-state index >= 15 is 0 Å². The van der Waals surface area contributed by atoms with Crippen molar-refractivity contribution in [3.8, 4) is 0 Å². The molecule has 0 fully saturated rings. The molecule has 0 aromatic heterocycles. The first-order chi connectivity index (χ1) is 6.86. The van der Waals surface area contributed by atoms with Gasteiger partial charge in [-0.1, -0.05) is 38.8 Å². The second-order valence-electron chi connectivity index (χ2n) is 3.81. The molecule has 0 atom stereocenters. The Kier molecular flexibility index (Phi) is 2.76. The molecule has 0 aromatic carbocycles. The summed E-state index contributed by atoms with van der Waals surface area (Å²) in [5.74, 6) is 1.07. The van der Waals surface area contributed by atoms with Crippen LogP contribution < -0.4 is 0 Å². The molecule has 0 saturated heterocycles. The smallest absolute Gasteiger partial charge is 0.174 e. The molecule has 0 aromatic rings. The Bertz CT molecular complexity index is 307. The van der Waals surface area contributed by atoms with Gasteiger partial charge in [0.2, 0.25) is 0 Å². The molecule has 1 aliphatic heterocycles. The highest BCUT2D eigenvalue weighted by Gasteiger charge is 2.30. The average molecular weight is 189 g/mol. The Hall–Kier alpha value is -0.980. The molecule has 1 radical (unpaired) electrons. The lowest BCUT2D eigenvalue weighted by Crippen LogP contribution is -1.99. The highest BCUT2D eigenvalue weighted by Crippen LogP contribution is 2.42. The number of ether oxygens (including phenoxy) is 1. The van der Waals surface area contributed by atoms with Crippen molar-refractivity contribution in [1.29, 1.82) is 0 Å². The molecule has 75 valence electrons. The SMILES string of the molecule is CCC[C]1OC2=CC=CC2=C1CCC. The van der Waals surface area contributed by atoms with Crippen molar-refractivity contribution in [3.63, 3.8) is 0 Å². The number of allylic oxidation sites excluding steroid dienone is 3. The molecule has 0 N–H and O–H groups in total. The van der Waals surface area contributed by atoms with Gasteiger partial charge in [0.05, 0.1) is 0 Å². The maximum atomic E-state index is 5.83. The second-order valence-corrected chi connectivity index (χ2v) is 3.81. The fraction of sp³-hybridized carbons (Fsp3) is 0.462. The van der Waals surface area contributed by atoms with Crippen LogP contribution in [-0.2, 0) is 4.74 Å². The van der Waals surface area contributed by atoms with E-state index in [-0.39, 0.29) is 0 Å². The highest BCUT2D eigenvalue weighted by atomic mass is 16.5. The summed E-state index contributed by atoms with van der Waals surface area (Å²) in [6.45, 7) is 4.42. The Labute approximate surface area is 86.2 Å². The molecule has 0 unspecified atom stereocenters. The van der Waals surface area contributed by atoms with Gasteiger partial charge in [0.1, 0.15) is 5.76 Å². The summed E-state index contributed by atoms with van der Waals surface area (Å²) in [6.07, 6.45) is 12.1.